The van der Waals surface area contributed by atoms with Crippen molar-refractivity contribution in [1.29, 1.82) is 0 Å². The van der Waals surface area contributed by atoms with Gasteiger partial charge in [0.15, 0.2) is 0 Å². The molecule has 0 atom stereocenters. The fraction of sp³-hybridized carbons (Fsp3) is 0. The maximum atomic E-state index is 11.7. The second kappa shape index (κ2) is 6.50. The van der Waals surface area contributed by atoms with Crippen LogP contribution in [0.5, 0.6) is 11.6 Å². The maximum absolute atomic E-state index is 11.7. The lowest BCUT2D eigenvalue weighted by molar-refractivity contribution is 0.0687. The van der Waals surface area contributed by atoms with Gasteiger partial charge < -0.3 is 14.8 Å². The summed E-state index contributed by atoms with van der Waals surface area (Å²) in [7, 11) is 0. The van der Waals surface area contributed by atoms with Crippen molar-refractivity contribution in [2.75, 3.05) is 0 Å². The first-order chi connectivity index (χ1) is 11.6. The van der Waals surface area contributed by atoms with E-state index in [2.05, 4.69) is 32.2 Å². The normalized spacial score (nSPS) is 9.83. The fourth-order valence-electron chi connectivity index (χ4n) is 1.85. The summed E-state index contributed by atoms with van der Waals surface area (Å²) >= 11 is 0. The molecule has 2 aromatic heterocycles. The standard InChI is InChI=1S/C16H10N4O4/c21-13-9-12(24-15-14(16(22)23)18-20-19-15)8-11(17-13)7-6-10-4-2-1-3-5-10/h1-5,8-9H,(H,17,21)(H,22,23)(H,18,19,20). The molecule has 0 saturated heterocycles. The van der Waals surface area contributed by atoms with Crippen molar-refractivity contribution >= 4 is 5.97 Å². The molecule has 0 radical (unpaired) electrons. The molecule has 0 aliphatic rings. The van der Waals surface area contributed by atoms with Crippen LogP contribution in [-0.4, -0.2) is 31.5 Å². The van der Waals surface area contributed by atoms with Crippen LogP contribution in [0.2, 0.25) is 0 Å². The zero-order valence-corrected chi connectivity index (χ0v) is 12.1. The number of hydrogen-bond acceptors (Lipinski definition) is 5. The zero-order valence-electron chi connectivity index (χ0n) is 12.1. The number of carboxylic acid groups (broad SMARTS) is 1. The third kappa shape index (κ3) is 3.48. The lowest BCUT2D eigenvalue weighted by Crippen LogP contribution is -2.07. The molecule has 0 aliphatic carbocycles. The van der Waals surface area contributed by atoms with Gasteiger partial charge in [-0.3, -0.25) is 4.79 Å². The Bertz CT molecular complexity index is 996. The molecule has 0 fully saturated rings. The summed E-state index contributed by atoms with van der Waals surface area (Å²) in [5.74, 6) is 4.30. The van der Waals surface area contributed by atoms with Crippen molar-refractivity contribution < 1.29 is 14.6 Å². The van der Waals surface area contributed by atoms with Crippen LogP contribution in [0.3, 0.4) is 0 Å². The van der Waals surface area contributed by atoms with E-state index in [1.165, 1.54) is 6.07 Å². The van der Waals surface area contributed by atoms with E-state index in [0.29, 0.717) is 5.69 Å². The number of nitrogens with one attached hydrogen (secondary N) is 2. The first kappa shape index (κ1) is 15.1. The van der Waals surface area contributed by atoms with Gasteiger partial charge >= 0.3 is 5.97 Å². The van der Waals surface area contributed by atoms with Gasteiger partial charge in [0.1, 0.15) is 5.75 Å². The summed E-state index contributed by atoms with van der Waals surface area (Å²) in [6.45, 7) is 0. The smallest absolute Gasteiger partial charge is 0.359 e. The van der Waals surface area contributed by atoms with Gasteiger partial charge in [0.2, 0.25) is 5.69 Å². The van der Waals surface area contributed by atoms with Gasteiger partial charge in [-0.25, -0.2) is 9.89 Å². The van der Waals surface area contributed by atoms with Gasteiger partial charge in [-0.15, -0.1) is 0 Å². The van der Waals surface area contributed by atoms with E-state index in [-0.39, 0.29) is 17.3 Å². The minimum Gasteiger partial charge on any atom is -0.476 e. The quantitative estimate of drug-likeness (QED) is 0.626. The van der Waals surface area contributed by atoms with Gasteiger partial charge in [-0.05, 0) is 18.1 Å². The van der Waals surface area contributed by atoms with Crippen molar-refractivity contribution in [2.24, 2.45) is 0 Å². The molecule has 1 aromatic carbocycles. The average molecular weight is 322 g/mol. The van der Waals surface area contributed by atoms with Crippen LogP contribution in [0.1, 0.15) is 21.7 Å². The van der Waals surface area contributed by atoms with Crippen LogP contribution in [0.4, 0.5) is 0 Å². The number of carboxylic acids is 1. The highest BCUT2D eigenvalue weighted by atomic mass is 16.5. The van der Waals surface area contributed by atoms with E-state index < -0.39 is 11.5 Å². The highest BCUT2D eigenvalue weighted by molar-refractivity contribution is 5.87. The van der Waals surface area contributed by atoms with Crippen LogP contribution in [0, 0.1) is 11.8 Å². The second-order valence-corrected chi connectivity index (χ2v) is 4.61. The molecule has 0 saturated carbocycles. The number of rotatable bonds is 3. The highest BCUT2D eigenvalue weighted by Crippen LogP contribution is 2.20. The van der Waals surface area contributed by atoms with Crippen molar-refractivity contribution in [3.05, 3.63) is 69.8 Å². The fourth-order valence-corrected chi connectivity index (χ4v) is 1.85. The third-order valence-corrected chi connectivity index (χ3v) is 2.88. The average Bonchev–Trinajstić information content (AvgIpc) is 3.02. The lowest BCUT2D eigenvalue weighted by Gasteiger charge is -2.02. The number of benzene rings is 1. The number of nitrogens with zero attached hydrogens (tertiary/aromatic N) is 2. The van der Waals surface area contributed by atoms with E-state index in [1.807, 2.05) is 30.3 Å². The van der Waals surface area contributed by atoms with Gasteiger partial charge in [-0.1, -0.05) is 34.4 Å². The molecule has 118 valence electrons. The third-order valence-electron chi connectivity index (χ3n) is 2.88. The van der Waals surface area contributed by atoms with Crippen LogP contribution >= 0.6 is 0 Å². The van der Waals surface area contributed by atoms with E-state index in [9.17, 15) is 9.59 Å². The largest absolute Gasteiger partial charge is 0.476 e. The molecule has 8 nitrogen and oxygen atoms in total. The minimum atomic E-state index is -1.27. The number of ether oxygens (including phenoxy) is 1. The zero-order chi connectivity index (χ0) is 16.9. The molecular weight excluding hydrogens is 312 g/mol. The SMILES string of the molecule is O=C(O)c1[nH]nnc1Oc1cc(C#Cc2ccccc2)[nH]c(=O)c1. The van der Waals surface area contributed by atoms with Crippen molar-refractivity contribution in [3.8, 4) is 23.5 Å². The van der Waals surface area contributed by atoms with Crippen LogP contribution < -0.4 is 10.3 Å². The van der Waals surface area contributed by atoms with E-state index >= 15 is 0 Å². The molecular formula is C16H10N4O4. The number of pyridine rings is 1. The molecule has 0 spiro atoms. The molecule has 0 amide bonds. The van der Waals surface area contributed by atoms with Gasteiger partial charge in [-0.2, -0.15) is 0 Å². The van der Waals surface area contributed by atoms with Gasteiger partial charge in [0.25, 0.3) is 11.4 Å². The molecule has 8 heteroatoms. The Morgan fingerprint density at radius 1 is 1.17 bits per heavy atom. The van der Waals surface area contributed by atoms with Crippen molar-refractivity contribution in [2.45, 2.75) is 0 Å². The molecule has 3 N–H and O–H groups in total. The summed E-state index contributed by atoms with van der Waals surface area (Å²) in [5.41, 5.74) is 0.355. The Labute approximate surface area is 135 Å². The summed E-state index contributed by atoms with van der Waals surface area (Å²) in [6, 6.07) is 11.9. The van der Waals surface area contributed by atoms with E-state index in [4.69, 9.17) is 9.84 Å². The Morgan fingerprint density at radius 2 is 1.96 bits per heavy atom. The maximum Gasteiger partial charge on any atom is 0.359 e. The minimum absolute atomic E-state index is 0.104. The molecule has 3 rings (SSSR count). The van der Waals surface area contributed by atoms with Gasteiger partial charge in [0.05, 0.1) is 5.69 Å². The first-order valence-electron chi connectivity index (χ1n) is 6.75. The molecule has 0 unspecified atom stereocenters. The Balaban J connectivity index is 1.90. The van der Waals surface area contributed by atoms with Crippen LogP contribution in [-0.2, 0) is 0 Å². The molecule has 3 aromatic rings. The van der Waals surface area contributed by atoms with E-state index in [1.54, 1.807) is 0 Å². The Morgan fingerprint density at radius 3 is 2.71 bits per heavy atom. The number of aromatic carboxylic acids is 1. The summed E-state index contributed by atoms with van der Waals surface area (Å²) < 4.78 is 5.31. The molecule has 24 heavy (non-hydrogen) atoms. The topological polar surface area (TPSA) is 121 Å². The number of aromatic amines is 2. The molecule has 2 heterocycles. The Hall–Kier alpha value is -3.86. The van der Waals surface area contributed by atoms with Crippen LogP contribution in [0.15, 0.2) is 47.3 Å². The first-order valence-corrected chi connectivity index (χ1v) is 6.75. The predicted octanol–water partition coefficient (Wildman–Crippen LogP) is 1.38. The summed E-state index contributed by atoms with van der Waals surface area (Å²) in [6.07, 6.45) is 0. The lowest BCUT2D eigenvalue weighted by atomic mass is 10.2. The summed E-state index contributed by atoms with van der Waals surface area (Å²) in [4.78, 5) is 25.3. The Kier molecular flexibility index (Phi) is 4.07. The highest BCUT2D eigenvalue weighted by Gasteiger charge is 2.16. The molecule has 0 aliphatic heterocycles. The van der Waals surface area contributed by atoms with Crippen molar-refractivity contribution in [1.82, 2.24) is 20.4 Å². The number of H-pyrrole nitrogens is 2. The van der Waals surface area contributed by atoms with Gasteiger partial charge in [0, 0.05) is 17.7 Å². The van der Waals surface area contributed by atoms with E-state index in [0.717, 1.165) is 11.6 Å². The van der Waals surface area contributed by atoms with Crippen LogP contribution in [0.25, 0.3) is 0 Å². The number of carbonyl (C=O) groups is 1. The number of hydrogen-bond donors (Lipinski definition) is 3. The molecule has 0 bridgehead atoms. The monoisotopic (exact) mass is 322 g/mol. The summed E-state index contributed by atoms with van der Waals surface area (Å²) in [5, 5.41) is 18.1. The number of aromatic nitrogens is 4. The predicted molar refractivity (Wildman–Crippen MR) is 82.9 cm³/mol. The van der Waals surface area contributed by atoms with Crippen molar-refractivity contribution in [3.63, 3.8) is 0 Å². The second-order valence-electron chi connectivity index (χ2n) is 4.61.